The highest BCUT2D eigenvalue weighted by atomic mass is 32.1. The minimum Gasteiger partial charge on any atom is -0.379 e. The fourth-order valence-corrected chi connectivity index (χ4v) is 4.02. The summed E-state index contributed by atoms with van der Waals surface area (Å²) in [6, 6.07) is 12.9. The number of ether oxygens (including phenoxy) is 1. The first-order valence-corrected chi connectivity index (χ1v) is 10.5. The zero-order chi connectivity index (χ0) is 19.1. The van der Waals surface area contributed by atoms with Crippen LogP contribution < -0.4 is 5.32 Å². The second kappa shape index (κ2) is 9.83. The van der Waals surface area contributed by atoms with Crippen LogP contribution in [0.25, 0.3) is 6.08 Å². The third-order valence-electron chi connectivity index (χ3n) is 4.98. The first kappa shape index (κ1) is 19.8. The van der Waals surface area contributed by atoms with Crippen molar-refractivity contribution < 1.29 is 9.53 Å². The molecule has 1 aliphatic heterocycles. The van der Waals surface area contributed by atoms with Crippen LogP contribution in [-0.2, 0) is 16.0 Å². The zero-order valence-corrected chi connectivity index (χ0v) is 16.9. The van der Waals surface area contributed by atoms with Crippen LogP contribution in [0, 0.1) is 0 Å². The highest BCUT2D eigenvalue weighted by Crippen LogP contribution is 2.22. The summed E-state index contributed by atoms with van der Waals surface area (Å²) < 4.78 is 5.51. The number of nitrogens with one attached hydrogen (secondary N) is 1. The zero-order valence-electron chi connectivity index (χ0n) is 16.1. The van der Waals surface area contributed by atoms with Crippen molar-refractivity contribution >= 4 is 23.3 Å². The standard InChI is InChI=1S/C22H28N2O2S/c1-3-18-6-8-19(9-7-18)21(24-10-12-26-13-11-24)16-23-22(25)17(2)15-20-5-4-14-27-20/h4-9,14-15,21H,3,10-13,16H2,1-2H3,(H,23,25)/b17-15+. The number of amides is 1. The highest BCUT2D eigenvalue weighted by molar-refractivity contribution is 7.10. The Kier molecular flexibility index (Phi) is 7.21. The molecule has 2 heterocycles. The molecular formula is C22H28N2O2S. The molecular weight excluding hydrogens is 356 g/mol. The Morgan fingerprint density at radius 3 is 2.63 bits per heavy atom. The summed E-state index contributed by atoms with van der Waals surface area (Å²) in [7, 11) is 0. The molecule has 1 fully saturated rings. The summed E-state index contributed by atoms with van der Waals surface area (Å²) >= 11 is 1.64. The molecule has 144 valence electrons. The minimum absolute atomic E-state index is 0.00756. The summed E-state index contributed by atoms with van der Waals surface area (Å²) in [4.78, 5) is 16.1. The molecule has 0 radical (unpaired) electrons. The SMILES string of the molecule is CCc1ccc(C(CNC(=O)/C(C)=C/c2cccs2)N2CCOCC2)cc1. The quantitative estimate of drug-likeness (QED) is 0.736. The minimum atomic E-state index is -0.00756. The Hall–Kier alpha value is -1.95. The lowest BCUT2D eigenvalue weighted by Crippen LogP contribution is -2.44. The molecule has 5 heteroatoms. The molecule has 3 rings (SSSR count). The van der Waals surface area contributed by atoms with E-state index >= 15 is 0 Å². The van der Waals surface area contributed by atoms with Crippen LogP contribution in [0.3, 0.4) is 0 Å². The molecule has 1 unspecified atom stereocenters. The van der Waals surface area contributed by atoms with Gasteiger partial charge >= 0.3 is 0 Å². The predicted octanol–water partition coefficient (Wildman–Crippen LogP) is 3.90. The lowest BCUT2D eigenvalue weighted by Gasteiger charge is -2.35. The lowest BCUT2D eigenvalue weighted by atomic mass is 10.0. The topological polar surface area (TPSA) is 41.6 Å². The molecule has 2 aromatic rings. The number of carbonyl (C=O) groups excluding carboxylic acids is 1. The lowest BCUT2D eigenvalue weighted by molar-refractivity contribution is -0.117. The first-order valence-electron chi connectivity index (χ1n) is 9.58. The van der Waals surface area contributed by atoms with Gasteiger partial charge in [0.05, 0.1) is 19.3 Å². The third kappa shape index (κ3) is 5.51. The first-order chi connectivity index (χ1) is 13.2. The van der Waals surface area contributed by atoms with E-state index in [9.17, 15) is 4.79 Å². The number of nitrogens with zero attached hydrogens (tertiary/aromatic N) is 1. The van der Waals surface area contributed by atoms with Gasteiger partial charge in [-0.25, -0.2) is 0 Å². The van der Waals surface area contributed by atoms with E-state index in [4.69, 9.17) is 4.74 Å². The maximum Gasteiger partial charge on any atom is 0.247 e. The van der Waals surface area contributed by atoms with E-state index in [0.717, 1.165) is 43.2 Å². The normalized spacial score (nSPS) is 16.9. The summed E-state index contributed by atoms with van der Waals surface area (Å²) in [5.41, 5.74) is 3.31. The number of morpholine rings is 1. The van der Waals surface area contributed by atoms with Crippen molar-refractivity contribution in [2.75, 3.05) is 32.8 Å². The van der Waals surface area contributed by atoms with Crippen molar-refractivity contribution in [2.24, 2.45) is 0 Å². The molecule has 1 aliphatic rings. The summed E-state index contributed by atoms with van der Waals surface area (Å²) in [6.45, 7) is 7.90. The van der Waals surface area contributed by atoms with Crippen molar-refractivity contribution in [3.8, 4) is 0 Å². The van der Waals surface area contributed by atoms with Crippen LogP contribution in [0.15, 0.2) is 47.4 Å². The molecule has 1 atom stereocenters. The van der Waals surface area contributed by atoms with E-state index in [1.807, 2.05) is 30.5 Å². The molecule has 1 N–H and O–H groups in total. The number of carbonyl (C=O) groups is 1. The Morgan fingerprint density at radius 1 is 1.26 bits per heavy atom. The molecule has 0 bridgehead atoms. The molecule has 0 aliphatic carbocycles. The van der Waals surface area contributed by atoms with Gasteiger partial charge in [0.25, 0.3) is 0 Å². The highest BCUT2D eigenvalue weighted by Gasteiger charge is 2.23. The van der Waals surface area contributed by atoms with E-state index in [1.54, 1.807) is 11.3 Å². The molecule has 0 spiro atoms. The van der Waals surface area contributed by atoms with Gasteiger partial charge < -0.3 is 10.1 Å². The summed E-state index contributed by atoms with van der Waals surface area (Å²) in [6.07, 6.45) is 2.98. The number of hydrogen-bond donors (Lipinski definition) is 1. The van der Waals surface area contributed by atoms with Gasteiger partial charge in [0.15, 0.2) is 0 Å². The Morgan fingerprint density at radius 2 is 2.00 bits per heavy atom. The third-order valence-corrected chi connectivity index (χ3v) is 5.79. The number of thiophene rings is 1. The maximum atomic E-state index is 12.6. The van der Waals surface area contributed by atoms with Crippen molar-refractivity contribution in [1.29, 1.82) is 0 Å². The van der Waals surface area contributed by atoms with E-state index in [1.165, 1.54) is 11.1 Å². The van der Waals surface area contributed by atoms with Crippen LogP contribution in [0.4, 0.5) is 0 Å². The average Bonchev–Trinajstić information content (AvgIpc) is 3.22. The Bertz CT molecular complexity index is 747. The Balaban J connectivity index is 1.69. The van der Waals surface area contributed by atoms with E-state index in [0.29, 0.717) is 6.54 Å². The number of hydrogen-bond acceptors (Lipinski definition) is 4. The number of aryl methyl sites for hydroxylation is 1. The van der Waals surface area contributed by atoms with Crippen molar-refractivity contribution in [2.45, 2.75) is 26.3 Å². The van der Waals surface area contributed by atoms with Gasteiger partial charge in [-0.1, -0.05) is 37.3 Å². The smallest absolute Gasteiger partial charge is 0.247 e. The predicted molar refractivity (Wildman–Crippen MR) is 112 cm³/mol. The van der Waals surface area contributed by atoms with Gasteiger partial charge in [0.1, 0.15) is 0 Å². The number of rotatable bonds is 7. The van der Waals surface area contributed by atoms with Gasteiger partial charge in [-0.2, -0.15) is 0 Å². The second-order valence-corrected chi connectivity index (χ2v) is 7.79. The summed E-state index contributed by atoms with van der Waals surface area (Å²) in [5, 5.41) is 5.15. The van der Waals surface area contributed by atoms with Crippen molar-refractivity contribution in [3.63, 3.8) is 0 Å². The molecule has 1 saturated heterocycles. The monoisotopic (exact) mass is 384 g/mol. The van der Waals surface area contributed by atoms with E-state index in [2.05, 4.69) is 41.4 Å². The molecule has 4 nitrogen and oxygen atoms in total. The maximum absolute atomic E-state index is 12.6. The molecule has 0 saturated carbocycles. The van der Waals surface area contributed by atoms with Crippen LogP contribution in [0.5, 0.6) is 0 Å². The molecule has 1 amide bonds. The second-order valence-electron chi connectivity index (χ2n) is 6.81. The van der Waals surface area contributed by atoms with Crippen molar-refractivity contribution in [3.05, 3.63) is 63.4 Å². The summed E-state index contributed by atoms with van der Waals surface area (Å²) in [5.74, 6) is -0.00756. The van der Waals surface area contributed by atoms with Crippen LogP contribution in [-0.4, -0.2) is 43.7 Å². The molecule has 27 heavy (non-hydrogen) atoms. The molecule has 1 aromatic carbocycles. The van der Waals surface area contributed by atoms with Gasteiger partial charge in [0, 0.05) is 30.1 Å². The Labute approximate surface area is 165 Å². The van der Waals surface area contributed by atoms with Crippen LogP contribution >= 0.6 is 11.3 Å². The number of benzene rings is 1. The van der Waals surface area contributed by atoms with Gasteiger partial charge in [0.2, 0.25) is 5.91 Å². The average molecular weight is 385 g/mol. The van der Waals surface area contributed by atoms with Crippen LogP contribution in [0.1, 0.15) is 35.9 Å². The fourth-order valence-electron chi connectivity index (χ4n) is 3.30. The fraction of sp³-hybridized carbons (Fsp3) is 0.409. The largest absolute Gasteiger partial charge is 0.379 e. The van der Waals surface area contributed by atoms with E-state index < -0.39 is 0 Å². The van der Waals surface area contributed by atoms with Gasteiger partial charge in [-0.3, -0.25) is 9.69 Å². The van der Waals surface area contributed by atoms with Crippen molar-refractivity contribution in [1.82, 2.24) is 10.2 Å². The van der Waals surface area contributed by atoms with E-state index in [-0.39, 0.29) is 11.9 Å². The van der Waals surface area contributed by atoms with Crippen LogP contribution in [0.2, 0.25) is 0 Å². The van der Waals surface area contributed by atoms with Gasteiger partial charge in [-0.15, -0.1) is 11.3 Å². The van der Waals surface area contributed by atoms with Gasteiger partial charge in [-0.05, 0) is 42.0 Å². The molecule has 1 aromatic heterocycles.